The monoisotopic (exact) mass is 573 g/mol. The Labute approximate surface area is 233 Å². The van der Waals surface area contributed by atoms with Crippen molar-refractivity contribution in [1.29, 1.82) is 0 Å². The van der Waals surface area contributed by atoms with Gasteiger partial charge in [-0.05, 0) is 65.9 Å². The highest BCUT2D eigenvalue weighted by atomic mass is 35.5. The van der Waals surface area contributed by atoms with Gasteiger partial charge in [0.25, 0.3) is 11.1 Å². The van der Waals surface area contributed by atoms with Gasteiger partial charge in [-0.25, -0.2) is 4.79 Å². The van der Waals surface area contributed by atoms with Crippen LogP contribution < -0.4 is 18.9 Å². The Morgan fingerprint density at radius 1 is 0.921 bits per heavy atom. The molecule has 1 saturated heterocycles. The third-order valence-electron chi connectivity index (χ3n) is 5.35. The van der Waals surface area contributed by atoms with E-state index in [0.717, 1.165) is 16.7 Å². The number of carbonyl (C=O) groups is 3. The van der Waals surface area contributed by atoms with Gasteiger partial charge >= 0.3 is 5.97 Å². The number of ether oxygens (including phenoxy) is 4. The zero-order valence-corrected chi connectivity index (χ0v) is 22.6. The Hall–Kier alpha value is -3.66. The summed E-state index contributed by atoms with van der Waals surface area (Å²) in [7, 11) is 2.95. The lowest BCUT2D eigenvalue weighted by atomic mass is 10.1. The van der Waals surface area contributed by atoms with E-state index in [1.807, 2.05) is 6.07 Å². The van der Waals surface area contributed by atoms with Crippen LogP contribution in [0, 0.1) is 0 Å². The van der Waals surface area contributed by atoms with E-state index in [1.54, 1.807) is 36.4 Å². The highest BCUT2D eigenvalue weighted by Gasteiger charge is 2.35. The fourth-order valence-electron chi connectivity index (χ4n) is 3.50. The first-order chi connectivity index (χ1) is 18.3. The fourth-order valence-corrected chi connectivity index (χ4v) is 4.85. The van der Waals surface area contributed by atoms with Gasteiger partial charge < -0.3 is 18.9 Å². The molecule has 11 heteroatoms. The van der Waals surface area contributed by atoms with Crippen LogP contribution in [0.5, 0.6) is 23.0 Å². The SMILES string of the molecule is COc1ccccc1OCCN1C(=O)S/C(=C\c2ccc(OC(=O)c3ccc(Cl)cc3Cl)c(OC)c2)C1=O. The molecule has 0 aliphatic carbocycles. The normalized spacial score (nSPS) is 14.1. The minimum Gasteiger partial charge on any atom is -0.493 e. The predicted octanol–water partition coefficient (Wildman–Crippen LogP) is 6.35. The number of methoxy groups -OCH3 is 2. The van der Waals surface area contributed by atoms with Crippen molar-refractivity contribution in [3.63, 3.8) is 0 Å². The van der Waals surface area contributed by atoms with Crippen LogP contribution in [0.2, 0.25) is 10.0 Å². The second-order valence-corrected chi connectivity index (χ2v) is 9.59. The number of halogens is 2. The first kappa shape index (κ1) is 27.4. The number of carbonyl (C=O) groups excluding carboxylic acids is 3. The lowest BCUT2D eigenvalue weighted by molar-refractivity contribution is -0.123. The smallest absolute Gasteiger partial charge is 0.345 e. The molecule has 2 amide bonds. The van der Waals surface area contributed by atoms with E-state index < -0.39 is 17.1 Å². The Balaban J connectivity index is 1.43. The number of amides is 2. The summed E-state index contributed by atoms with van der Waals surface area (Å²) in [5.74, 6) is 0.359. The maximum Gasteiger partial charge on any atom is 0.345 e. The molecular formula is C27H21Cl2NO7S. The first-order valence-corrected chi connectivity index (χ1v) is 12.7. The Kier molecular flexibility index (Phi) is 8.83. The molecule has 1 fully saturated rings. The van der Waals surface area contributed by atoms with Crippen LogP contribution in [0.15, 0.2) is 65.6 Å². The first-order valence-electron chi connectivity index (χ1n) is 11.2. The highest BCUT2D eigenvalue weighted by molar-refractivity contribution is 8.18. The van der Waals surface area contributed by atoms with Gasteiger partial charge in [-0.2, -0.15) is 0 Å². The molecule has 4 rings (SSSR count). The van der Waals surface area contributed by atoms with E-state index in [4.69, 9.17) is 42.1 Å². The molecule has 0 N–H and O–H groups in total. The molecule has 196 valence electrons. The summed E-state index contributed by atoms with van der Waals surface area (Å²) >= 11 is 12.8. The molecule has 38 heavy (non-hydrogen) atoms. The summed E-state index contributed by atoms with van der Waals surface area (Å²) < 4.78 is 21.7. The number of para-hydroxylation sites is 2. The maximum atomic E-state index is 12.9. The zero-order valence-electron chi connectivity index (χ0n) is 20.2. The Bertz CT molecular complexity index is 1430. The van der Waals surface area contributed by atoms with Crippen molar-refractivity contribution in [1.82, 2.24) is 4.90 Å². The van der Waals surface area contributed by atoms with Gasteiger partial charge in [-0.3, -0.25) is 14.5 Å². The fraction of sp³-hybridized carbons (Fsp3) is 0.148. The van der Waals surface area contributed by atoms with Crippen LogP contribution in [-0.4, -0.2) is 49.4 Å². The topological polar surface area (TPSA) is 91.4 Å². The largest absolute Gasteiger partial charge is 0.493 e. The molecule has 0 atom stereocenters. The van der Waals surface area contributed by atoms with Gasteiger partial charge in [0.05, 0.1) is 36.3 Å². The van der Waals surface area contributed by atoms with E-state index in [9.17, 15) is 14.4 Å². The Morgan fingerprint density at radius 3 is 2.37 bits per heavy atom. The summed E-state index contributed by atoms with van der Waals surface area (Å²) in [5, 5.41) is 0.145. The van der Waals surface area contributed by atoms with Crippen LogP contribution in [-0.2, 0) is 4.79 Å². The summed E-state index contributed by atoms with van der Waals surface area (Å²) in [6, 6.07) is 16.3. The molecule has 3 aromatic rings. The van der Waals surface area contributed by atoms with E-state index >= 15 is 0 Å². The van der Waals surface area contributed by atoms with Gasteiger partial charge in [0, 0.05) is 5.02 Å². The quantitative estimate of drug-likeness (QED) is 0.166. The number of hydrogen-bond acceptors (Lipinski definition) is 8. The van der Waals surface area contributed by atoms with Crippen LogP contribution in [0.3, 0.4) is 0 Å². The van der Waals surface area contributed by atoms with Crippen molar-refractivity contribution in [2.75, 3.05) is 27.4 Å². The van der Waals surface area contributed by atoms with Crippen molar-refractivity contribution < 1.29 is 33.3 Å². The predicted molar refractivity (Wildman–Crippen MR) is 146 cm³/mol. The van der Waals surface area contributed by atoms with Gasteiger partial charge in [-0.15, -0.1) is 0 Å². The molecule has 1 heterocycles. The third kappa shape index (κ3) is 6.24. The average molecular weight is 574 g/mol. The van der Waals surface area contributed by atoms with Crippen LogP contribution >= 0.6 is 35.0 Å². The molecule has 3 aromatic carbocycles. The lowest BCUT2D eigenvalue weighted by Gasteiger charge is -2.14. The van der Waals surface area contributed by atoms with Crippen LogP contribution in [0.1, 0.15) is 15.9 Å². The number of benzene rings is 3. The van der Waals surface area contributed by atoms with Crippen molar-refractivity contribution in [2.45, 2.75) is 0 Å². The number of rotatable bonds is 9. The Morgan fingerprint density at radius 2 is 1.66 bits per heavy atom. The molecule has 0 saturated carbocycles. The van der Waals surface area contributed by atoms with Crippen molar-refractivity contribution >= 4 is 58.2 Å². The van der Waals surface area contributed by atoms with E-state index in [1.165, 1.54) is 38.5 Å². The van der Waals surface area contributed by atoms with Crippen LogP contribution in [0.4, 0.5) is 4.79 Å². The van der Waals surface area contributed by atoms with Crippen LogP contribution in [0.25, 0.3) is 6.08 Å². The van der Waals surface area contributed by atoms with Gasteiger partial charge in [0.1, 0.15) is 6.61 Å². The molecule has 1 aliphatic heterocycles. The van der Waals surface area contributed by atoms with Crippen molar-refractivity contribution in [3.05, 3.63) is 86.7 Å². The standard InChI is InChI=1S/C27H21Cl2NO7S/c1-34-20-5-3-4-6-21(20)36-12-11-30-25(31)24(38-27(30)33)14-16-7-10-22(23(13-16)35-2)37-26(32)18-9-8-17(28)15-19(18)29/h3-10,13-15H,11-12H2,1-2H3/b24-14-. The molecule has 0 bridgehead atoms. The molecule has 0 unspecified atom stereocenters. The number of nitrogens with zero attached hydrogens (tertiary/aromatic N) is 1. The van der Waals surface area contributed by atoms with Gasteiger partial charge in [0.2, 0.25) is 0 Å². The van der Waals surface area contributed by atoms with Gasteiger partial charge in [0.15, 0.2) is 23.0 Å². The molecule has 0 spiro atoms. The second-order valence-electron chi connectivity index (χ2n) is 7.76. The van der Waals surface area contributed by atoms with E-state index in [0.29, 0.717) is 22.1 Å². The van der Waals surface area contributed by atoms with E-state index in [2.05, 4.69) is 0 Å². The van der Waals surface area contributed by atoms with Crippen molar-refractivity contribution in [3.8, 4) is 23.0 Å². The summed E-state index contributed by atoms with van der Waals surface area (Å²) in [6.45, 7) is 0.183. The minimum absolute atomic E-state index is 0.0749. The minimum atomic E-state index is -0.686. The number of imide groups is 1. The molecule has 1 aliphatic rings. The number of thioether (sulfide) groups is 1. The summed E-state index contributed by atoms with van der Waals surface area (Å²) in [5.41, 5.74) is 0.715. The number of hydrogen-bond donors (Lipinski definition) is 0. The second kappa shape index (κ2) is 12.3. The van der Waals surface area contributed by atoms with Crippen molar-refractivity contribution in [2.24, 2.45) is 0 Å². The molecule has 0 radical (unpaired) electrons. The average Bonchev–Trinajstić information content (AvgIpc) is 3.16. The van der Waals surface area contributed by atoms with E-state index in [-0.39, 0.29) is 40.1 Å². The lowest BCUT2D eigenvalue weighted by Crippen LogP contribution is -2.32. The summed E-state index contributed by atoms with van der Waals surface area (Å²) in [4.78, 5) is 39.3. The molecular weight excluding hydrogens is 553 g/mol. The van der Waals surface area contributed by atoms with Gasteiger partial charge in [-0.1, -0.05) is 41.4 Å². The summed E-state index contributed by atoms with van der Waals surface area (Å²) in [6.07, 6.45) is 1.57. The maximum absolute atomic E-state index is 12.9. The third-order valence-corrected chi connectivity index (χ3v) is 6.81. The highest BCUT2D eigenvalue weighted by Crippen LogP contribution is 2.35. The molecule has 8 nitrogen and oxygen atoms in total. The molecule has 0 aromatic heterocycles. The number of esters is 1. The zero-order chi connectivity index (χ0) is 27.2.